The Hall–Kier alpha value is -1.73. The molecule has 27 heavy (non-hydrogen) atoms. The van der Waals surface area contributed by atoms with Crippen molar-refractivity contribution in [1.29, 1.82) is 0 Å². The Morgan fingerprint density at radius 3 is 2.30 bits per heavy atom. The fourth-order valence-electron chi connectivity index (χ4n) is 4.83. The van der Waals surface area contributed by atoms with Crippen LogP contribution in [0, 0.1) is 11.3 Å². The molecule has 1 aliphatic carbocycles. The SMILES string of the molecule is O=S(=O)(CCN1C[C@@H](O)[C@@]2(C1)[C@H](CO)[C@H]2c1ccccc1)c1ccccc1. The molecular weight excluding hydrogens is 362 g/mol. The van der Waals surface area contributed by atoms with E-state index in [2.05, 4.69) is 0 Å². The van der Waals surface area contributed by atoms with Crippen molar-refractivity contribution in [3.05, 3.63) is 66.2 Å². The first-order valence-corrected chi connectivity index (χ1v) is 11.0. The van der Waals surface area contributed by atoms with E-state index < -0.39 is 15.9 Å². The summed E-state index contributed by atoms with van der Waals surface area (Å²) >= 11 is 0. The van der Waals surface area contributed by atoms with Crippen LogP contribution in [0.25, 0.3) is 0 Å². The average Bonchev–Trinajstić information content (AvgIpc) is 3.23. The standard InChI is InChI=1S/C21H25NO4S/c23-14-18-20(16-7-3-1-4-8-16)21(18)15-22(13-19(21)24)11-12-27(25,26)17-9-5-2-6-10-17/h1-10,18-20,23-24H,11-15H2/t18-,19-,20-,21-/m1/s1. The summed E-state index contributed by atoms with van der Waals surface area (Å²) in [5.74, 6) is 0.166. The predicted octanol–water partition coefficient (Wildman–Crippen LogP) is 1.53. The number of aliphatic hydroxyl groups excluding tert-OH is 2. The molecule has 1 heterocycles. The van der Waals surface area contributed by atoms with Crippen LogP contribution in [-0.2, 0) is 9.84 Å². The minimum absolute atomic E-state index is 0.0191. The number of hydrogen-bond donors (Lipinski definition) is 2. The van der Waals surface area contributed by atoms with Gasteiger partial charge in [-0.1, -0.05) is 48.5 Å². The fraction of sp³-hybridized carbons (Fsp3) is 0.429. The van der Waals surface area contributed by atoms with Crippen LogP contribution in [0.2, 0.25) is 0 Å². The molecule has 5 nitrogen and oxygen atoms in total. The van der Waals surface area contributed by atoms with E-state index in [1.165, 1.54) is 0 Å². The number of likely N-dealkylation sites (tertiary alicyclic amines) is 1. The number of rotatable bonds is 6. The van der Waals surface area contributed by atoms with Crippen molar-refractivity contribution in [3.8, 4) is 0 Å². The van der Waals surface area contributed by atoms with Gasteiger partial charge in [0.05, 0.1) is 16.8 Å². The van der Waals surface area contributed by atoms with Crippen molar-refractivity contribution in [2.24, 2.45) is 11.3 Å². The van der Waals surface area contributed by atoms with Gasteiger partial charge < -0.3 is 10.2 Å². The zero-order valence-electron chi connectivity index (χ0n) is 15.1. The first kappa shape index (κ1) is 18.6. The third-order valence-corrected chi connectivity index (χ3v) is 7.96. The molecular formula is C21H25NO4S. The molecule has 6 heteroatoms. The van der Waals surface area contributed by atoms with Crippen molar-refractivity contribution in [2.75, 3.05) is 32.0 Å². The van der Waals surface area contributed by atoms with E-state index in [9.17, 15) is 18.6 Å². The van der Waals surface area contributed by atoms with Crippen molar-refractivity contribution in [2.45, 2.75) is 16.9 Å². The van der Waals surface area contributed by atoms with Crippen LogP contribution in [0.4, 0.5) is 0 Å². The van der Waals surface area contributed by atoms with Crippen molar-refractivity contribution in [3.63, 3.8) is 0 Å². The third-order valence-electron chi connectivity index (χ3n) is 6.25. The second kappa shape index (κ2) is 7.02. The van der Waals surface area contributed by atoms with Gasteiger partial charge >= 0.3 is 0 Å². The first-order chi connectivity index (χ1) is 13.0. The van der Waals surface area contributed by atoms with Gasteiger partial charge in [0.25, 0.3) is 0 Å². The number of β-amino-alcohol motifs (C(OH)–C–C–N with tert-alkyl or cyclic N) is 1. The molecule has 2 aromatic rings. The lowest BCUT2D eigenvalue weighted by Crippen LogP contribution is -2.28. The van der Waals surface area contributed by atoms with E-state index in [0.29, 0.717) is 24.5 Å². The highest BCUT2D eigenvalue weighted by Crippen LogP contribution is 2.68. The number of aliphatic hydroxyl groups is 2. The molecule has 1 saturated carbocycles. The van der Waals surface area contributed by atoms with Crippen LogP contribution in [-0.4, -0.2) is 61.6 Å². The Morgan fingerprint density at radius 2 is 1.67 bits per heavy atom. The van der Waals surface area contributed by atoms with Gasteiger partial charge in [-0.2, -0.15) is 0 Å². The Morgan fingerprint density at radius 1 is 1.04 bits per heavy atom. The fourth-order valence-corrected chi connectivity index (χ4v) is 6.13. The summed E-state index contributed by atoms with van der Waals surface area (Å²) in [6.07, 6.45) is -0.556. The molecule has 4 atom stereocenters. The summed E-state index contributed by atoms with van der Waals surface area (Å²) < 4.78 is 25.0. The second-order valence-electron chi connectivity index (χ2n) is 7.67. The van der Waals surface area contributed by atoms with Crippen LogP contribution >= 0.6 is 0 Å². The quantitative estimate of drug-likeness (QED) is 0.786. The second-order valence-corrected chi connectivity index (χ2v) is 9.78. The van der Waals surface area contributed by atoms with Crippen LogP contribution in [0.1, 0.15) is 11.5 Å². The normalized spacial score (nSPS) is 30.7. The summed E-state index contributed by atoms with van der Waals surface area (Å²) in [5, 5.41) is 20.6. The Kier molecular flexibility index (Phi) is 4.84. The van der Waals surface area contributed by atoms with Gasteiger partial charge in [0.1, 0.15) is 0 Å². The summed E-state index contributed by atoms with van der Waals surface area (Å²) in [6.45, 7) is 1.48. The van der Waals surface area contributed by atoms with E-state index >= 15 is 0 Å². The van der Waals surface area contributed by atoms with Crippen molar-refractivity contribution in [1.82, 2.24) is 4.90 Å². The Balaban J connectivity index is 1.46. The molecule has 2 N–H and O–H groups in total. The highest BCUT2D eigenvalue weighted by Gasteiger charge is 2.70. The topological polar surface area (TPSA) is 77.8 Å². The lowest BCUT2D eigenvalue weighted by Gasteiger charge is -2.16. The zero-order chi connectivity index (χ0) is 19.1. The molecule has 1 aliphatic heterocycles. The molecule has 1 saturated heterocycles. The monoisotopic (exact) mass is 387 g/mol. The van der Waals surface area contributed by atoms with Crippen LogP contribution in [0.3, 0.4) is 0 Å². The predicted molar refractivity (Wildman–Crippen MR) is 103 cm³/mol. The number of sulfone groups is 1. The van der Waals surface area contributed by atoms with E-state index in [4.69, 9.17) is 0 Å². The maximum absolute atomic E-state index is 12.5. The van der Waals surface area contributed by atoms with Crippen molar-refractivity contribution < 1.29 is 18.6 Å². The molecule has 0 amide bonds. The van der Waals surface area contributed by atoms with Gasteiger partial charge in [-0.05, 0) is 29.5 Å². The maximum atomic E-state index is 12.5. The lowest BCUT2D eigenvalue weighted by molar-refractivity contribution is 0.111. The average molecular weight is 388 g/mol. The lowest BCUT2D eigenvalue weighted by atomic mass is 9.95. The van der Waals surface area contributed by atoms with Crippen LogP contribution in [0.15, 0.2) is 65.6 Å². The summed E-state index contributed by atoms with van der Waals surface area (Å²) in [6, 6.07) is 18.5. The molecule has 2 aliphatic rings. The van der Waals surface area contributed by atoms with Gasteiger partial charge in [0.15, 0.2) is 9.84 Å². The third kappa shape index (κ3) is 3.21. The van der Waals surface area contributed by atoms with Crippen LogP contribution < -0.4 is 0 Å². The summed E-state index contributed by atoms with van der Waals surface area (Å²) in [5.41, 5.74) is 0.765. The largest absolute Gasteiger partial charge is 0.396 e. The number of nitrogens with zero attached hydrogens (tertiary/aromatic N) is 1. The van der Waals surface area contributed by atoms with E-state index in [-0.39, 0.29) is 29.6 Å². The highest BCUT2D eigenvalue weighted by atomic mass is 32.2. The minimum Gasteiger partial charge on any atom is -0.396 e. The van der Waals surface area contributed by atoms with Gasteiger partial charge in [0, 0.05) is 31.7 Å². The molecule has 0 radical (unpaired) electrons. The van der Waals surface area contributed by atoms with E-state index in [1.54, 1.807) is 30.3 Å². The van der Waals surface area contributed by atoms with Gasteiger partial charge in [-0.25, -0.2) is 8.42 Å². The zero-order valence-corrected chi connectivity index (χ0v) is 15.9. The minimum atomic E-state index is -3.34. The van der Waals surface area contributed by atoms with Gasteiger partial charge in [0.2, 0.25) is 0 Å². The molecule has 144 valence electrons. The number of benzene rings is 2. The Labute approximate surface area is 160 Å². The highest BCUT2D eigenvalue weighted by molar-refractivity contribution is 7.91. The van der Waals surface area contributed by atoms with Crippen molar-refractivity contribution >= 4 is 9.84 Å². The molecule has 2 fully saturated rings. The summed E-state index contributed by atoms with van der Waals surface area (Å²) in [4.78, 5) is 2.36. The van der Waals surface area contributed by atoms with Gasteiger partial charge in [-0.15, -0.1) is 0 Å². The molecule has 0 aromatic heterocycles. The summed E-state index contributed by atoms with van der Waals surface area (Å²) in [7, 11) is -3.34. The Bertz CT molecular complexity index is 887. The molecule has 0 bridgehead atoms. The molecule has 4 rings (SSSR count). The van der Waals surface area contributed by atoms with E-state index in [1.807, 2.05) is 35.2 Å². The smallest absolute Gasteiger partial charge is 0.179 e. The number of hydrogen-bond acceptors (Lipinski definition) is 5. The maximum Gasteiger partial charge on any atom is 0.179 e. The van der Waals surface area contributed by atoms with E-state index in [0.717, 1.165) is 5.56 Å². The molecule has 0 unspecified atom stereocenters. The molecule has 1 spiro atoms. The molecule has 2 aromatic carbocycles. The first-order valence-electron chi connectivity index (χ1n) is 9.33. The van der Waals surface area contributed by atoms with Gasteiger partial charge in [-0.3, -0.25) is 4.90 Å². The van der Waals surface area contributed by atoms with Crippen LogP contribution in [0.5, 0.6) is 0 Å².